The number of carbonyl (C=O) groups is 3. The standard InChI is InChI=1S/C24H28ClN3O5/c1-32-24(31)21(17-7-2-3-8-18(17)25)26-12-14-27(15-13-26)22(29)19-9-4-5-11-28(19)23(30)20-10-6-16-33-20/h2-3,6-8,10,16,19,21H,4-5,9,11-15H2,1H3. The van der Waals surface area contributed by atoms with Crippen LogP contribution in [0.25, 0.3) is 0 Å². The Bertz CT molecular complexity index is 988. The zero-order valence-corrected chi connectivity index (χ0v) is 19.4. The lowest BCUT2D eigenvalue weighted by atomic mass is 9.99. The van der Waals surface area contributed by atoms with Crippen molar-refractivity contribution in [3.8, 4) is 0 Å². The Morgan fingerprint density at radius 3 is 2.45 bits per heavy atom. The van der Waals surface area contributed by atoms with Crippen molar-refractivity contribution < 1.29 is 23.5 Å². The summed E-state index contributed by atoms with van der Waals surface area (Å²) in [6.07, 6.45) is 3.86. The summed E-state index contributed by atoms with van der Waals surface area (Å²) in [4.78, 5) is 44.3. The van der Waals surface area contributed by atoms with Gasteiger partial charge in [0, 0.05) is 37.7 Å². The quantitative estimate of drug-likeness (QED) is 0.621. The predicted molar refractivity (Wildman–Crippen MR) is 122 cm³/mol. The van der Waals surface area contributed by atoms with Crippen LogP contribution in [0.4, 0.5) is 0 Å². The maximum atomic E-state index is 13.4. The van der Waals surface area contributed by atoms with Crippen molar-refractivity contribution in [3.05, 3.63) is 59.0 Å². The molecule has 0 spiro atoms. The Kier molecular flexibility index (Phi) is 7.35. The van der Waals surface area contributed by atoms with Crippen molar-refractivity contribution in [1.82, 2.24) is 14.7 Å². The lowest BCUT2D eigenvalue weighted by Crippen LogP contribution is -2.57. The SMILES string of the molecule is COC(=O)C(c1ccccc1Cl)N1CCN(C(=O)C2CCCCN2C(=O)c2ccco2)CC1. The summed E-state index contributed by atoms with van der Waals surface area (Å²) < 4.78 is 10.3. The van der Waals surface area contributed by atoms with E-state index in [2.05, 4.69) is 0 Å². The van der Waals surface area contributed by atoms with Crippen LogP contribution in [-0.4, -0.2) is 78.4 Å². The number of halogens is 1. The zero-order valence-electron chi connectivity index (χ0n) is 18.6. The van der Waals surface area contributed by atoms with E-state index in [0.717, 1.165) is 12.8 Å². The van der Waals surface area contributed by atoms with E-state index in [1.807, 2.05) is 23.1 Å². The minimum Gasteiger partial charge on any atom is -0.468 e. The van der Waals surface area contributed by atoms with Crippen LogP contribution in [0.3, 0.4) is 0 Å². The first-order valence-corrected chi connectivity index (χ1v) is 11.6. The predicted octanol–water partition coefficient (Wildman–Crippen LogP) is 2.99. The average molecular weight is 474 g/mol. The van der Waals surface area contributed by atoms with Gasteiger partial charge >= 0.3 is 5.97 Å². The second kappa shape index (κ2) is 10.4. The molecule has 0 saturated carbocycles. The molecule has 1 aromatic heterocycles. The van der Waals surface area contributed by atoms with Crippen molar-refractivity contribution >= 4 is 29.4 Å². The van der Waals surface area contributed by atoms with Crippen LogP contribution in [-0.2, 0) is 14.3 Å². The molecule has 2 atom stereocenters. The number of piperidine rings is 1. The van der Waals surface area contributed by atoms with Crippen LogP contribution >= 0.6 is 11.6 Å². The van der Waals surface area contributed by atoms with Gasteiger partial charge in [0.1, 0.15) is 12.1 Å². The minimum absolute atomic E-state index is 0.0541. The minimum atomic E-state index is -0.632. The molecule has 4 rings (SSSR count). The number of rotatable bonds is 5. The van der Waals surface area contributed by atoms with E-state index in [4.69, 9.17) is 20.8 Å². The van der Waals surface area contributed by atoms with E-state index in [9.17, 15) is 14.4 Å². The van der Waals surface area contributed by atoms with E-state index >= 15 is 0 Å². The largest absolute Gasteiger partial charge is 0.468 e. The van der Waals surface area contributed by atoms with Crippen molar-refractivity contribution in [2.24, 2.45) is 0 Å². The van der Waals surface area contributed by atoms with Gasteiger partial charge in [-0.05, 0) is 43.0 Å². The number of esters is 1. The second-order valence-electron chi connectivity index (χ2n) is 8.30. The number of hydrogen-bond donors (Lipinski definition) is 0. The molecule has 0 aliphatic carbocycles. The van der Waals surface area contributed by atoms with E-state index in [0.29, 0.717) is 49.7 Å². The van der Waals surface area contributed by atoms with Gasteiger partial charge in [0.25, 0.3) is 5.91 Å². The normalized spacial score (nSPS) is 20.4. The highest BCUT2D eigenvalue weighted by Gasteiger charge is 2.39. The number of nitrogens with zero attached hydrogens (tertiary/aromatic N) is 3. The molecule has 1 aromatic carbocycles. The highest BCUT2D eigenvalue weighted by atomic mass is 35.5. The first kappa shape index (κ1) is 23.3. The molecule has 0 bridgehead atoms. The first-order chi connectivity index (χ1) is 16.0. The van der Waals surface area contributed by atoms with Gasteiger partial charge < -0.3 is 19.0 Å². The summed E-state index contributed by atoms with van der Waals surface area (Å²) in [7, 11) is 1.36. The topological polar surface area (TPSA) is 83.3 Å². The number of likely N-dealkylation sites (tertiary alicyclic amines) is 1. The van der Waals surface area contributed by atoms with Crippen LogP contribution in [0.1, 0.15) is 41.4 Å². The number of methoxy groups -OCH3 is 1. The Labute approximate surface area is 198 Å². The molecule has 2 aliphatic heterocycles. The van der Waals surface area contributed by atoms with E-state index in [1.54, 1.807) is 28.0 Å². The van der Waals surface area contributed by atoms with Gasteiger partial charge in [0.2, 0.25) is 5.91 Å². The molecule has 2 unspecified atom stereocenters. The maximum Gasteiger partial charge on any atom is 0.327 e. The molecule has 176 valence electrons. The van der Waals surface area contributed by atoms with Crippen molar-refractivity contribution in [2.75, 3.05) is 39.8 Å². The lowest BCUT2D eigenvalue weighted by molar-refractivity contribution is -0.149. The highest BCUT2D eigenvalue weighted by molar-refractivity contribution is 6.31. The molecule has 9 heteroatoms. The summed E-state index contributed by atoms with van der Waals surface area (Å²) in [5, 5.41) is 0.501. The van der Waals surface area contributed by atoms with Crippen molar-refractivity contribution in [2.45, 2.75) is 31.3 Å². The molecule has 0 N–H and O–H groups in total. The highest BCUT2D eigenvalue weighted by Crippen LogP contribution is 2.30. The zero-order chi connectivity index (χ0) is 23.4. The summed E-state index contributed by atoms with van der Waals surface area (Å²) in [6, 6.07) is 9.39. The molecular formula is C24H28ClN3O5. The molecule has 2 fully saturated rings. The smallest absolute Gasteiger partial charge is 0.327 e. The molecule has 8 nitrogen and oxygen atoms in total. The Hall–Kier alpha value is -2.84. The number of benzene rings is 1. The number of hydrogen-bond acceptors (Lipinski definition) is 6. The summed E-state index contributed by atoms with van der Waals surface area (Å²) in [5.74, 6) is -0.437. The molecule has 33 heavy (non-hydrogen) atoms. The fourth-order valence-electron chi connectivity index (χ4n) is 4.67. The van der Waals surface area contributed by atoms with Crippen LogP contribution in [0.15, 0.2) is 47.1 Å². The monoisotopic (exact) mass is 473 g/mol. The van der Waals surface area contributed by atoms with Gasteiger partial charge in [0.05, 0.1) is 13.4 Å². The molecular weight excluding hydrogens is 446 g/mol. The van der Waals surface area contributed by atoms with E-state index < -0.39 is 12.1 Å². The Morgan fingerprint density at radius 1 is 1.03 bits per heavy atom. The first-order valence-electron chi connectivity index (χ1n) is 11.2. The molecule has 2 aliphatic rings. The molecule has 3 heterocycles. The summed E-state index contributed by atoms with van der Waals surface area (Å²) >= 11 is 6.36. The van der Waals surface area contributed by atoms with Crippen LogP contribution in [0, 0.1) is 0 Å². The third-order valence-corrected chi connectivity index (χ3v) is 6.74. The van der Waals surface area contributed by atoms with Gasteiger partial charge in [-0.3, -0.25) is 14.5 Å². The maximum absolute atomic E-state index is 13.4. The lowest BCUT2D eigenvalue weighted by Gasteiger charge is -2.42. The van der Waals surface area contributed by atoms with Gasteiger partial charge in [-0.25, -0.2) is 4.79 Å². The summed E-state index contributed by atoms with van der Waals surface area (Å²) in [6.45, 7) is 2.43. The van der Waals surface area contributed by atoms with Gasteiger partial charge in [0.15, 0.2) is 5.76 Å². The third-order valence-electron chi connectivity index (χ3n) is 6.40. The average Bonchev–Trinajstić information content (AvgIpc) is 3.40. The van der Waals surface area contributed by atoms with Gasteiger partial charge in [-0.1, -0.05) is 29.8 Å². The Morgan fingerprint density at radius 2 is 1.79 bits per heavy atom. The van der Waals surface area contributed by atoms with Crippen molar-refractivity contribution in [1.29, 1.82) is 0 Å². The number of furan rings is 1. The van der Waals surface area contributed by atoms with Crippen LogP contribution in [0.2, 0.25) is 5.02 Å². The molecule has 2 aromatic rings. The van der Waals surface area contributed by atoms with E-state index in [-0.39, 0.29) is 23.5 Å². The molecule has 0 radical (unpaired) electrons. The van der Waals surface area contributed by atoms with Gasteiger partial charge in [-0.2, -0.15) is 0 Å². The van der Waals surface area contributed by atoms with Crippen LogP contribution < -0.4 is 0 Å². The fourth-order valence-corrected chi connectivity index (χ4v) is 4.90. The Balaban J connectivity index is 1.45. The van der Waals surface area contributed by atoms with Crippen molar-refractivity contribution in [3.63, 3.8) is 0 Å². The van der Waals surface area contributed by atoms with Gasteiger partial charge in [-0.15, -0.1) is 0 Å². The summed E-state index contributed by atoms with van der Waals surface area (Å²) in [5.41, 5.74) is 0.688. The number of ether oxygens (including phenoxy) is 1. The van der Waals surface area contributed by atoms with Crippen LogP contribution in [0.5, 0.6) is 0 Å². The van der Waals surface area contributed by atoms with E-state index in [1.165, 1.54) is 13.4 Å². The number of amides is 2. The molecule has 2 amide bonds. The number of carbonyl (C=O) groups excluding carboxylic acids is 3. The second-order valence-corrected chi connectivity index (χ2v) is 8.70. The third kappa shape index (κ3) is 4.91. The molecule has 2 saturated heterocycles. The fraction of sp³-hybridized carbons (Fsp3) is 0.458. The number of piperazine rings is 1.